The maximum atomic E-state index is 12.2. The number of pyridine rings is 1. The fourth-order valence-corrected chi connectivity index (χ4v) is 2.44. The molecule has 0 saturated heterocycles. The second kappa shape index (κ2) is 8.42. The topological polar surface area (TPSA) is 63.2 Å². The van der Waals surface area contributed by atoms with Gasteiger partial charge in [0.15, 0.2) is 5.11 Å². The van der Waals surface area contributed by atoms with Gasteiger partial charge in [0.2, 0.25) is 0 Å². The number of thiocarbonyl (C=S) groups is 1. The van der Waals surface area contributed by atoms with E-state index in [4.69, 9.17) is 28.6 Å². The van der Waals surface area contributed by atoms with Crippen LogP contribution in [0.15, 0.2) is 36.5 Å². The van der Waals surface area contributed by atoms with E-state index in [0.717, 1.165) is 3.57 Å². The van der Waals surface area contributed by atoms with Gasteiger partial charge in [0.25, 0.3) is 5.91 Å². The van der Waals surface area contributed by atoms with E-state index in [1.165, 1.54) is 6.07 Å². The van der Waals surface area contributed by atoms with Crippen molar-refractivity contribution in [3.63, 3.8) is 0 Å². The first-order valence-electron chi connectivity index (χ1n) is 6.66. The van der Waals surface area contributed by atoms with Crippen molar-refractivity contribution in [2.75, 3.05) is 11.9 Å². The summed E-state index contributed by atoms with van der Waals surface area (Å²) in [5.41, 5.74) is 0.387. The molecule has 8 heteroatoms. The molecule has 0 unspecified atom stereocenters. The Morgan fingerprint density at radius 2 is 2.17 bits per heavy atom. The SMILES string of the molecule is CCOc1ccc(C(=O)NC(=S)Nc2ccc(I)cn2)cc1Cl. The number of nitrogens with zero attached hydrogens (tertiary/aromatic N) is 1. The van der Waals surface area contributed by atoms with Crippen LogP contribution in [0.25, 0.3) is 0 Å². The van der Waals surface area contributed by atoms with Crippen LogP contribution in [0.4, 0.5) is 5.82 Å². The molecule has 0 aliphatic carbocycles. The summed E-state index contributed by atoms with van der Waals surface area (Å²) in [4.78, 5) is 16.3. The van der Waals surface area contributed by atoms with Gasteiger partial charge in [0.1, 0.15) is 11.6 Å². The first kappa shape index (κ1) is 17.9. The summed E-state index contributed by atoms with van der Waals surface area (Å²) >= 11 is 13.3. The number of aromatic nitrogens is 1. The van der Waals surface area contributed by atoms with Crippen LogP contribution in [0.1, 0.15) is 17.3 Å². The van der Waals surface area contributed by atoms with Crippen molar-refractivity contribution in [2.24, 2.45) is 0 Å². The lowest BCUT2D eigenvalue weighted by Crippen LogP contribution is -2.34. The number of nitrogens with one attached hydrogen (secondary N) is 2. The molecule has 0 aliphatic rings. The maximum Gasteiger partial charge on any atom is 0.257 e. The minimum Gasteiger partial charge on any atom is -0.492 e. The quantitative estimate of drug-likeness (QED) is 0.535. The average molecular weight is 462 g/mol. The number of carbonyl (C=O) groups is 1. The summed E-state index contributed by atoms with van der Waals surface area (Å²) in [5.74, 6) is 0.730. The summed E-state index contributed by atoms with van der Waals surface area (Å²) in [6.45, 7) is 2.36. The van der Waals surface area contributed by atoms with Crippen molar-refractivity contribution in [3.05, 3.63) is 50.7 Å². The Bertz CT molecular complexity index is 725. The largest absolute Gasteiger partial charge is 0.492 e. The van der Waals surface area contributed by atoms with Gasteiger partial charge in [-0.25, -0.2) is 4.98 Å². The van der Waals surface area contributed by atoms with Gasteiger partial charge in [0.05, 0.1) is 11.6 Å². The number of anilines is 1. The molecule has 0 aliphatic heterocycles. The van der Waals surface area contributed by atoms with Crippen molar-refractivity contribution in [2.45, 2.75) is 6.92 Å². The number of carbonyl (C=O) groups excluding carboxylic acids is 1. The standard InChI is InChI=1S/C15H13ClIN3O2S/c1-2-22-12-5-3-9(7-11(12)16)14(21)20-15(23)19-13-6-4-10(17)8-18-13/h3-8H,2H2,1H3,(H2,18,19,20,21,23). The van der Waals surface area contributed by atoms with Gasteiger partial charge in [-0.15, -0.1) is 0 Å². The highest BCUT2D eigenvalue weighted by Crippen LogP contribution is 2.25. The van der Waals surface area contributed by atoms with Gasteiger partial charge >= 0.3 is 0 Å². The Morgan fingerprint density at radius 1 is 1.39 bits per heavy atom. The van der Waals surface area contributed by atoms with E-state index in [0.29, 0.717) is 28.8 Å². The Kier molecular flexibility index (Phi) is 6.55. The highest BCUT2D eigenvalue weighted by molar-refractivity contribution is 14.1. The monoisotopic (exact) mass is 461 g/mol. The van der Waals surface area contributed by atoms with E-state index in [-0.39, 0.29) is 11.0 Å². The molecule has 5 nitrogen and oxygen atoms in total. The molecule has 1 amide bonds. The minimum absolute atomic E-state index is 0.161. The van der Waals surface area contributed by atoms with E-state index >= 15 is 0 Å². The van der Waals surface area contributed by atoms with Gasteiger partial charge in [-0.05, 0) is 72.1 Å². The molecular weight excluding hydrogens is 449 g/mol. The van der Waals surface area contributed by atoms with E-state index in [9.17, 15) is 4.79 Å². The van der Waals surface area contributed by atoms with Gasteiger partial charge in [-0.3, -0.25) is 10.1 Å². The van der Waals surface area contributed by atoms with E-state index in [1.54, 1.807) is 24.4 Å². The van der Waals surface area contributed by atoms with Crippen LogP contribution in [0.3, 0.4) is 0 Å². The molecule has 0 bridgehead atoms. The van der Waals surface area contributed by atoms with Crippen LogP contribution in [-0.4, -0.2) is 22.6 Å². The van der Waals surface area contributed by atoms with Crippen LogP contribution >= 0.6 is 46.4 Å². The molecule has 0 radical (unpaired) electrons. The first-order chi connectivity index (χ1) is 11.0. The number of hydrogen-bond donors (Lipinski definition) is 2. The van der Waals surface area contributed by atoms with Crippen molar-refractivity contribution < 1.29 is 9.53 Å². The maximum absolute atomic E-state index is 12.2. The molecule has 1 aromatic carbocycles. The summed E-state index contributed by atoms with van der Waals surface area (Å²) in [6, 6.07) is 8.46. The summed E-state index contributed by atoms with van der Waals surface area (Å²) < 4.78 is 6.34. The highest BCUT2D eigenvalue weighted by atomic mass is 127. The Labute approximate surface area is 157 Å². The number of benzene rings is 1. The number of halogens is 2. The summed E-state index contributed by atoms with van der Waals surface area (Å²) in [7, 11) is 0. The lowest BCUT2D eigenvalue weighted by atomic mass is 10.2. The number of amides is 1. The van der Waals surface area contributed by atoms with Crippen LogP contribution < -0.4 is 15.4 Å². The van der Waals surface area contributed by atoms with Crippen molar-refractivity contribution in [1.82, 2.24) is 10.3 Å². The zero-order valence-electron chi connectivity index (χ0n) is 12.1. The third-order valence-electron chi connectivity index (χ3n) is 2.69. The normalized spacial score (nSPS) is 10.0. The lowest BCUT2D eigenvalue weighted by Gasteiger charge is -2.10. The van der Waals surface area contributed by atoms with E-state index in [2.05, 4.69) is 38.2 Å². The van der Waals surface area contributed by atoms with Gasteiger partial charge < -0.3 is 10.1 Å². The van der Waals surface area contributed by atoms with Crippen LogP contribution in [-0.2, 0) is 0 Å². The Hall–Kier alpha value is -1.45. The fourth-order valence-electron chi connectivity index (χ4n) is 1.69. The Balaban J connectivity index is 1.99. The lowest BCUT2D eigenvalue weighted by molar-refractivity contribution is 0.0977. The molecule has 23 heavy (non-hydrogen) atoms. The number of rotatable bonds is 4. The fraction of sp³-hybridized carbons (Fsp3) is 0.133. The Morgan fingerprint density at radius 3 is 2.78 bits per heavy atom. The molecule has 0 atom stereocenters. The third-order valence-corrected chi connectivity index (χ3v) is 3.83. The van der Waals surface area contributed by atoms with Crippen molar-refractivity contribution in [1.29, 1.82) is 0 Å². The molecule has 120 valence electrons. The average Bonchev–Trinajstić information content (AvgIpc) is 2.51. The van der Waals surface area contributed by atoms with Gasteiger partial charge in [-0.1, -0.05) is 11.6 Å². The van der Waals surface area contributed by atoms with Crippen molar-refractivity contribution in [3.8, 4) is 5.75 Å². The van der Waals surface area contributed by atoms with E-state index < -0.39 is 0 Å². The predicted molar refractivity (Wildman–Crippen MR) is 103 cm³/mol. The minimum atomic E-state index is -0.363. The molecular formula is C15H13ClIN3O2S. The summed E-state index contributed by atoms with van der Waals surface area (Å²) in [5, 5.41) is 5.96. The summed E-state index contributed by atoms with van der Waals surface area (Å²) in [6.07, 6.45) is 1.69. The number of ether oxygens (including phenoxy) is 1. The molecule has 2 rings (SSSR count). The van der Waals surface area contributed by atoms with Crippen molar-refractivity contribution >= 4 is 63.2 Å². The second-order valence-electron chi connectivity index (χ2n) is 4.35. The third kappa shape index (κ3) is 5.29. The zero-order valence-corrected chi connectivity index (χ0v) is 15.8. The molecule has 2 N–H and O–H groups in total. The van der Waals surface area contributed by atoms with E-state index in [1.807, 2.05) is 13.0 Å². The van der Waals surface area contributed by atoms with Crippen LogP contribution in [0.2, 0.25) is 5.02 Å². The predicted octanol–water partition coefficient (Wildman–Crippen LogP) is 3.87. The molecule has 1 heterocycles. The molecule has 1 aromatic heterocycles. The highest BCUT2D eigenvalue weighted by Gasteiger charge is 2.11. The first-order valence-corrected chi connectivity index (χ1v) is 8.52. The molecule has 0 fully saturated rings. The number of hydrogen-bond acceptors (Lipinski definition) is 4. The van der Waals surface area contributed by atoms with Crippen LogP contribution in [0.5, 0.6) is 5.75 Å². The smallest absolute Gasteiger partial charge is 0.257 e. The molecule has 2 aromatic rings. The molecule has 0 spiro atoms. The van der Waals surface area contributed by atoms with Gasteiger partial charge in [-0.2, -0.15) is 0 Å². The van der Waals surface area contributed by atoms with Gasteiger partial charge in [0, 0.05) is 15.3 Å². The zero-order chi connectivity index (χ0) is 16.8. The second-order valence-corrected chi connectivity index (χ2v) is 6.41. The van der Waals surface area contributed by atoms with Crippen LogP contribution in [0, 0.1) is 3.57 Å². The molecule has 0 saturated carbocycles.